The molecule has 18 heavy (non-hydrogen) atoms. The van der Waals surface area contributed by atoms with Crippen LogP contribution in [0, 0.1) is 0 Å². The molecular weight excluding hydrogens is 270 g/mol. The summed E-state index contributed by atoms with van der Waals surface area (Å²) in [5.74, 6) is 1.69. The molecule has 2 atom stereocenters. The SMILES string of the molecule is CC1SCc2nc(N3CCOC[C@@H]3C)nc(Cl)c21. The number of hydrogen-bond donors (Lipinski definition) is 0. The van der Waals surface area contributed by atoms with Crippen LogP contribution in [0.5, 0.6) is 0 Å². The molecule has 0 N–H and O–H groups in total. The number of anilines is 1. The van der Waals surface area contributed by atoms with E-state index in [1.165, 1.54) is 0 Å². The van der Waals surface area contributed by atoms with Crippen molar-refractivity contribution in [2.24, 2.45) is 0 Å². The lowest BCUT2D eigenvalue weighted by atomic mass is 10.2. The summed E-state index contributed by atoms with van der Waals surface area (Å²) in [5.41, 5.74) is 2.22. The number of fused-ring (bicyclic) bond motifs is 1. The Hall–Kier alpha value is -0.520. The molecule has 2 aliphatic rings. The first-order valence-corrected chi connectivity index (χ1v) is 7.62. The first-order chi connectivity index (χ1) is 8.66. The minimum Gasteiger partial charge on any atom is -0.377 e. The molecule has 2 aliphatic heterocycles. The molecule has 1 aromatic heterocycles. The van der Waals surface area contributed by atoms with Crippen LogP contribution in [0.1, 0.15) is 30.4 Å². The first-order valence-electron chi connectivity index (χ1n) is 6.19. The molecule has 0 radical (unpaired) electrons. The van der Waals surface area contributed by atoms with Gasteiger partial charge >= 0.3 is 0 Å². The Kier molecular flexibility index (Phi) is 3.38. The molecule has 3 heterocycles. The highest BCUT2D eigenvalue weighted by Crippen LogP contribution is 2.43. The van der Waals surface area contributed by atoms with E-state index in [9.17, 15) is 0 Å². The summed E-state index contributed by atoms with van der Waals surface area (Å²) < 4.78 is 5.44. The Morgan fingerprint density at radius 3 is 3.00 bits per heavy atom. The van der Waals surface area contributed by atoms with Gasteiger partial charge in [-0.25, -0.2) is 9.97 Å². The maximum Gasteiger partial charge on any atom is 0.227 e. The van der Waals surface area contributed by atoms with Gasteiger partial charge in [-0.2, -0.15) is 0 Å². The largest absolute Gasteiger partial charge is 0.377 e. The summed E-state index contributed by atoms with van der Waals surface area (Å²) in [7, 11) is 0. The summed E-state index contributed by atoms with van der Waals surface area (Å²) in [6.45, 7) is 6.57. The smallest absolute Gasteiger partial charge is 0.227 e. The average Bonchev–Trinajstić information content (AvgIpc) is 2.72. The highest BCUT2D eigenvalue weighted by molar-refractivity contribution is 7.99. The zero-order valence-electron chi connectivity index (χ0n) is 10.5. The van der Waals surface area contributed by atoms with Crippen molar-refractivity contribution >= 4 is 29.3 Å². The third-order valence-electron chi connectivity index (χ3n) is 3.47. The van der Waals surface area contributed by atoms with Crippen LogP contribution in [0.3, 0.4) is 0 Å². The molecule has 0 spiro atoms. The van der Waals surface area contributed by atoms with Crippen molar-refractivity contribution in [2.75, 3.05) is 24.7 Å². The lowest BCUT2D eigenvalue weighted by Gasteiger charge is -2.33. The van der Waals surface area contributed by atoms with E-state index < -0.39 is 0 Å². The van der Waals surface area contributed by atoms with Gasteiger partial charge in [-0.1, -0.05) is 11.6 Å². The molecule has 3 rings (SSSR count). The zero-order chi connectivity index (χ0) is 12.7. The van der Waals surface area contributed by atoms with Gasteiger partial charge in [-0.05, 0) is 13.8 Å². The summed E-state index contributed by atoms with van der Waals surface area (Å²) >= 11 is 8.18. The molecule has 98 valence electrons. The van der Waals surface area contributed by atoms with Gasteiger partial charge in [0.1, 0.15) is 5.15 Å². The molecule has 0 amide bonds. The third kappa shape index (κ3) is 2.08. The molecule has 1 saturated heterocycles. The Morgan fingerprint density at radius 2 is 2.22 bits per heavy atom. The number of halogens is 1. The number of hydrogen-bond acceptors (Lipinski definition) is 5. The summed E-state index contributed by atoms with van der Waals surface area (Å²) in [4.78, 5) is 11.4. The van der Waals surface area contributed by atoms with Crippen LogP contribution in [-0.2, 0) is 10.5 Å². The van der Waals surface area contributed by atoms with E-state index in [1.807, 2.05) is 11.8 Å². The summed E-state index contributed by atoms with van der Waals surface area (Å²) in [5, 5.41) is 1.02. The van der Waals surface area contributed by atoms with Crippen LogP contribution < -0.4 is 4.90 Å². The van der Waals surface area contributed by atoms with E-state index in [2.05, 4.69) is 23.7 Å². The van der Waals surface area contributed by atoms with E-state index in [1.54, 1.807) is 0 Å². The minimum atomic E-state index is 0.305. The first kappa shape index (κ1) is 12.5. The van der Waals surface area contributed by atoms with Crippen molar-refractivity contribution in [2.45, 2.75) is 30.9 Å². The Morgan fingerprint density at radius 1 is 1.39 bits per heavy atom. The van der Waals surface area contributed by atoms with Gasteiger partial charge in [0, 0.05) is 23.1 Å². The number of nitrogens with zero attached hydrogens (tertiary/aromatic N) is 3. The number of aromatic nitrogens is 2. The van der Waals surface area contributed by atoms with Gasteiger partial charge < -0.3 is 9.64 Å². The lowest BCUT2D eigenvalue weighted by molar-refractivity contribution is 0.0980. The second kappa shape index (κ2) is 4.87. The molecule has 0 aromatic carbocycles. The molecule has 0 aliphatic carbocycles. The van der Waals surface area contributed by atoms with Gasteiger partial charge in [-0.3, -0.25) is 0 Å². The van der Waals surface area contributed by atoms with Gasteiger partial charge in [0.15, 0.2) is 0 Å². The van der Waals surface area contributed by atoms with Crippen molar-refractivity contribution in [3.63, 3.8) is 0 Å². The van der Waals surface area contributed by atoms with Crippen LogP contribution in [-0.4, -0.2) is 35.8 Å². The predicted molar refractivity (Wildman–Crippen MR) is 74.4 cm³/mol. The van der Waals surface area contributed by atoms with Gasteiger partial charge in [-0.15, -0.1) is 11.8 Å². The van der Waals surface area contributed by atoms with E-state index in [0.717, 1.165) is 42.7 Å². The fourth-order valence-electron chi connectivity index (χ4n) is 2.43. The van der Waals surface area contributed by atoms with Crippen LogP contribution in [0.2, 0.25) is 5.15 Å². The summed E-state index contributed by atoms with van der Waals surface area (Å²) in [6.07, 6.45) is 0. The van der Waals surface area contributed by atoms with E-state index in [4.69, 9.17) is 21.3 Å². The van der Waals surface area contributed by atoms with Gasteiger partial charge in [0.05, 0.1) is 24.9 Å². The second-order valence-electron chi connectivity index (χ2n) is 4.75. The highest BCUT2D eigenvalue weighted by atomic mass is 35.5. The molecule has 6 heteroatoms. The molecule has 0 saturated carbocycles. The van der Waals surface area contributed by atoms with Crippen LogP contribution in [0.4, 0.5) is 5.95 Å². The van der Waals surface area contributed by atoms with E-state index in [-0.39, 0.29) is 0 Å². The lowest BCUT2D eigenvalue weighted by Crippen LogP contribution is -2.44. The van der Waals surface area contributed by atoms with Crippen LogP contribution >= 0.6 is 23.4 Å². The molecule has 1 fully saturated rings. The fourth-order valence-corrected chi connectivity index (χ4v) is 3.88. The fraction of sp³-hybridized carbons (Fsp3) is 0.667. The van der Waals surface area contributed by atoms with Crippen LogP contribution in [0.25, 0.3) is 0 Å². The van der Waals surface area contributed by atoms with E-state index in [0.29, 0.717) is 16.4 Å². The highest BCUT2D eigenvalue weighted by Gasteiger charge is 2.28. The third-order valence-corrected chi connectivity index (χ3v) is 4.93. The van der Waals surface area contributed by atoms with Crippen molar-refractivity contribution in [1.82, 2.24) is 9.97 Å². The Bertz CT molecular complexity index is 471. The van der Waals surface area contributed by atoms with Gasteiger partial charge in [0.25, 0.3) is 0 Å². The second-order valence-corrected chi connectivity index (χ2v) is 6.43. The molecule has 0 bridgehead atoms. The monoisotopic (exact) mass is 285 g/mol. The molecule has 1 aromatic rings. The zero-order valence-corrected chi connectivity index (χ0v) is 12.1. The number of ether oxygens (including phenoxy) is 1. The maximum absolute atomic E-state index is 6.31. The topological polar surface area (TPSA) is 38.2 Å². The minimum absolute atomic E-state index is 0.305. The van der Waals surface area contributed by atoms with Crippen LogP contribution in [0.15, 0.2) is 0 Å². The summed E-state index contributed by atoms with van der Waals surface area (Å²) in [6, 6.07) is 0.305. The quantitative estimate of drug-likeness (QED) is 0.742. The van der Waals surface area contributed by atoms with Crippen molar-refractivity contribution < 1.29 is 4.74 Å². The number of morpholine rings is 1. The van der Waals surface area contributed by atoms with Crippen molar-refractivity contribution in [1.29, 1.82) is 0 Å². The standard InChI is InChI=1S/C12H16ClN3OS/c1-7-5-17-4-3-16(7)12-14-9-6-18-8(2)10(9)11(13)15-12/h7-8H,3-6H2,1-2H3/t7-,8?/m0/s1. The Labute approximate surface area is 116 Å². The number of thioether (sulfide) groups is 1. The predicted octanol–water partition coefficient (Wildman–Crippen LogP) is 2.66. The Balaban J connectivity index is 1.96. The average molecular weight is 286 g/mol. The maximum atomic E-state index is 6.31. The van der Waals surface area contributed by atoms with Gasteiger partial charge in [0.2, 0.25) is 5.95 Å². The van der Waals surface area contributed by atoms with Crippen molar-refractivity contribution in [3.8, 4) is 0 Å². The van der Waals surface area contributed by atoms with Crippen molar-refractivity contribution in [3.05, 3.63) is 16.4 Å². The molecule has 4 nitrogen and oxygen atoms in total. The molecule has 1 unspecified atom stereocenters. The molecular formula is C12H16ClN3OS. The number of rotatable bonds is 1. The normalized spacial score (nSPS) is 27.4. The van der Waals surface area contributed by atoms with E-state index >= 15 is 0 Å².